The first-order valence-electron chi connectivity index (χ1n) is 8.39. The van der Waals surface area contributed by atoms with Crippen LogP contribution in [-0.2, 0) is 22.7 Å². The van der Waals surface area contributed by atoms with Gasteiger partial charge in [0.25, 0.3) is 0 Å². The summed E-state index contributed by atoms with van der Waals surface area (Å²) in [6.07, 6.45) is -4.81. The van der Waals surface area contributed by atoms with Crippen molar-refractivity contribution in [3.63, 3.8) is 0 Å². The molecule has 154 valence electrons. The Morgan fingerprint density at radius 3 is 2.45 bits per heavy atom. The predicted octanol–water partition coefficient (Wildman–Crippen LogP) is 2.56. The monoisotopic (exact) mass is 427 g/mol. The van der Waals surface area contributed by atoms with Crippen molar-refractivity contribution in [2.75, 3.05) is 6.61 Å². The van der Waals surface area contributed by atoms with Gasteiger partial charge in [-0.25, -0.2) is 13.1 Å². The summed E-state index contributed by atoms with van der Waals surface area (Å²) >= 11 is 0. The maximum Gasteiger partial charge on any atom is 0.417 e. The number of aromatic nitrogens is 4. The second-order valence-electron chi connectivity index (χ2n) is 5.75. The summed E-state index contributed by atoms with van der Waals surface area (Å²) in [5, 5.41) is 11.0. The van der Waals surface area contributed by atoms with E-state index in [-0.39, 0.29) is 5.82 Å². The largest absolute Gasteiger partial charge is 0.494 e. The van der Waals surface area contributed by atoms with E-state index in [1.165, 1.54) is 10.7 Å². The Morgan fingerprint density at radius 2 is 1.79 bits per heavy atom. The Bertz CT molecular complexity index is 1080. The van der Waals surface area contributed by atoms with Crippen LogP contribution < -0.4 is 9.46 Å². The van der Waals surface area contributed by atoms with E-state index in [0.717, 1.165) is 12.1 Å². The topological polar surface area (TPSA) is 99.0 Å². The van der Waals surface area contributed by atoms with E-state index in [0.29, 0.717) is 24.1 Å². The van der Waals surface area contributed by atoms with Gasteiger partial charge in [-0.15, -0.1) is 5.10 Å². The normalized spacial score (nSPS) is 12.1. The van der Waals surface area contributed by atoms with Gasteiger partial charge in [0.2, 0.25) is 10.0 Å². The van der Waals surface area contributed by atoms with E-state index in [4.69, 9.17) is 4.74 Å². The van der Waals surface area contributed by atoms with Gasteiger partial charge in [-0.2, -0.15) is 17.9 Å². The van der Waals surface area contributed by atoms with Gasteiger partial charge in [0.05, 0.1) is 29.3 Å². The molecule has 0 bridgehead atoms. The molecular weight excluding hydrogens is 411 g/mol. The van der Waals surface area contributed by atoms with Gasteiger partial charge in [-0.1, -0.05) is 12.1 Å². The van der Waals surface area contributed by atoms with Crippen molar-refractivity contribution in [1.82, 2.24) is 24.9 Å². The molecule has 0 atom stereocenters. The SMILES string of the molecule is CCOc1ccc(-n2nnnc2CNS(=O)(=O)c2ccccc2C(F)(F)F)cc1. The van der Waals surface area contributed by atoms with E-state index in [2.05, 4.69) is 20.2 Å². The lowest BCUT2D eigenvalue weighted by molar-refractivity contribution is -0.139. The van der Waals surface area contributed by atoms with Crippen LogP contribution in [0.5, 0.6) is 5.75 Å². The summed E-state index contributed by atoms with van der Waals surface area (Å²) in [5.74, 6) is 0.734. The number of ether oxygens (including phenoxy) is 1. The van der Waals surface area contributed by atoms with E-state index in [1.54, 1.807) is 24.3 Å². The van der Waals surface area contributed by atoms with Crippen molar-refractivity contribution in [1.29, 1.82) is 0 Å². The first-order valence-corrected chi connectivity index (χ1v) is 9.87. The number of halogens is 3. The molecule has 0 spiro atoms. The molecule has 8 nitrogen and oxygen atoms in total. The number of hydrogen-bond donors (Lipinski definition) is 1. The minimum Gasteiger partial charge on any atom is -0.494 e. The van der Waals surface area contributed by atoms with Crippen LogP contribution in [0.3, 0.4) is 0 Å². The lowest BCUT2D eigenvalue weighted by Crippen LogP contribution is -2.27. The van der Waals surface area contributed by atoms with Gasteiger partial charge < -0.3 is 4.74 Å². The average molecular weight is 427 g/mol. The maximum atomic E-state index is 13.1. The minimum absolute atomic E-state index is 0.0993. The van der Waals surface area contributed by atoms with Crippen molar-refractivity contribution in [2.24, 2.45) is 0 Å². The molecule has 0 radical (unpaired) electrons. The molecule has 0 fully saturated rings. The quantitative estimate of drug-likeness (QED) is 0.622. The molecule has 12 heteroatoms. The van der Waals surface area contributed by atoms with Gasteiger partial charge in [0.1, 0.15) is 5.75 Å². The van der Waals surface area contributed by atoms with Crippen LogP contribution in [0.15, 0.2) is 53.4 Å². The Balaban J connectivity index is 1.82. The molecule has 0 aliphatic rings. The van der Waals surface area contributed by atoms with Crippen molar-refractivity contribution < 1.29 is 26.3 Å². The van der Waals surface area contributed by atoms with E-state index in [1.807, 2.05) is 6.92 Å². The highest BCUT2D eigenvalue weighted by molar-refractivity contribution is 7.89. The third-order valence-corrected chi connectivity index (χ3v) is 5.29. The number of benzene rings is 2. The Labute approximate surface area is 164 Å². The molecule has 0 saturated heterocycles. The summed E-state index contributed by atoms with van der Waals surface area (Å²) in [5.41, 5.74) is -0.720. The third-order valence-electron chi connectivity index (χ3n) is 3.83. The number of rotatable bonds is 7. The summed E-state index contributed by atoms with van der Waals surface area (Å²) in [7, 11) is -4.46. The maximum absolute atomic E-state index is 13.1. The summed E-state index contributed by atoms with van der Waals surface area (Å²) < 4.78 is 73.0. The number of nitrogens with zero attached hydrogens (tertiary/aromatic N) is 4. The zero-order chi connectivity index (χ0) is 21.1. The standard InChI is InChI=1S/C17H16F3N5O3S/c1-2-28-13-9-7-12(8-10-13)25-16(22-23-24-25)11-21-29(26,27)15-6-4-3-5-14(15)17(18,19)20/h3-10,21H,2,11H2,1H3. The van der Waals surface area contributed by atoms with Crippen molar-refractivity contribution in [3.05, 3.63) is 59.9 Å². The molecule has 0 unspecified atom stereocenters. The highest BCUT2D eigenvalue weighted by atomic mass is 32.2. The first kappa shape index (κ1) is 20.7. The molecule has 29 heavy (non-hydrogen) atoms. The molecule has 0 aliphatic heterocycles. The number of sulfonamides is 1. The van der Waals surface area contributed by atoms with Crippen molar-refractivity contribution in [2.45, 2.75) is 24.5 Å². The molecule has 0 amide bonds. The Hall–Kier alpha value is -2.99. The number of nitrogens with one attached hydrogen (secondary N) is 1. The third kappa shape index (κ3) is 4.71. The number of tetrazole rings is 1. The van der Waals surface area contributed by atoms with Gasteiger partial charge in [-0.05, 0) is 53.7 Å². The molecule has 2 aromatic carbocycles. The van der Waals surface area contributed by atoms with E-state index in [9.17, 15) is 21.6 Å². The highest BCUT2D eigenvalue weighted by Gasteiger charge is 2.36. The van der Waals surface area contributed by atoms with Crippen molar-refractivity contribution in [3.8, 4) is 11.4 Å². The fourth-order valence-corrected chi connectivity index (χ4v) is 3.74. The fraction of sp³-hybridized carbons (Fsp3) is 0.235. The van der Waals surface area contributed by atoms with Crippen LogP contribution >= 0.6 is 0 Å². The van der Waals surface area contributed by atoms with Crippen LogP contribution in [-0.4, -0.2) is 35.2 Å². The second-order valence-corrected chi connectivity index (χ2v) is 7.49. The van der Waals surface area contributed by atoms with Crippen LogP contribution in [0, 0.1) is 0 Å². The average Bonchev–Trinajstić information content (AvgIpc) is 3.15. The lowest BCUT2D eigenvalue weighted by atomic mass is 10.2. The van der Waals surface area contributed by atoms with E-state index >= 15 is 0 Å². The molecule has 1 heterocycles. The van der Waals surface area contributed by atoms with Gasteiger partial charge in [0.15, 0.2) is 5.82 Å². The highest BCUT2D eigenvalue weighted by Crippen LogP contribution is 2.33. The minimum atomic E-state index is -4.81. The molecule has 0 saturated carbocycles. The van der Waals surface area contributed by atoms with Gasteiger partial charge in [0, 0.05) is 0 Å². The van der Waals surface area contributed by atoms with Gasteiger partial charge in [-0.3, -0.25) is 0 Å². The van der Waals surface area contributed by atoms with Crippen LogP contribution in [0.4, 0.5) is 13.2 Å². The molecule has 1 aromatic heterocycles. The number of hydrogen-bond acceptors (Lipinski definition) is 6. The van der Waals surface area contributed by atoms with Crippen LogP contribution in [0.2, 0.25) is 0 Å². The summed E-state index contributed by atoms with van der Waals surface area (Å²) in [6, 6.07) is 10.6. The smallest absolute Gasteiger partial charge is 0.417 e. The van der Waals surface area contributed by atoms with Crippen molar-refractivity contribution >= 4 is 10.0 Å². The molecule has 3 aromatic rings. The predicted molar refractivity (Wildman–Crippen MR) is 95.8 cm³/mol. The fourth-order valence-electron chi connectivity index (χ4n) is 2.54. The zero-order valence-corrected chi connectivity index (χ0v) is 15.9. The number of alkyl halides is 3. The van der Waals surface area contributed by atoms with E-state index < -0.39 is 33.2 Å². The van der Waals surface area contributed by atoms with Crippen LogP contribution in [0.1, 0.15) is 18.3 Å². The second kappa shape index (κ2) is 8.17. The molecule has 1 N–H and O–H groups in total. The Morgan fingerprint density at radius 1 is 1.10 bits per heavy atom. The zero-order valence-electron chi connectivity index (χ0n) is 15.1. The Kier molecular flexibility index (Phi) is 5.84. The molecular formula is C17H16F3N5O3S. The summed E-state index contributed by atoms with van der Waals surface area (Å²) in [4.78, 5) is -0.868. The molecule has 3 rings (SSSR count). The summed E-state index contributed by atoms with van der Waals surface area (Å²) in [6.45, 7) is 1.93. The van der Waals surface area contributed by atoms with Crippen LogP contribution in [0.25, 0.3) is 5.69 Å². The lowest BCUT2D eigenvalue weighted by Gasteiger charge is -2.13. The molecule has 0 aliphatic carbocycles. The van der Waals surface area contributed by atoms with Gasteiger partial charge >= 0.3 is 6.18 Å². The first-order chi connectivity index (χ1) is 13.7.